The number of benzene rings is 1. The summed E-state index contributed by atoms with van der Waals surface area (Å²) in [5.74, 6) is 0. The third-order valence-electron chi connectivity index (χ3n) is 5.02. The Morgan fingerprint density at radius 2 is 1.86 bits per heavy atom. The molecule has 1 aliphatic heterocycles. The fraction of sp³-hybridized carbons (Fsp3) is 0.647. The first-order chi connectivity index (χ1) is 9.77. The second-order valence-corrected chi connectivity index (χ2v) is 8.08. The van der Waals surface area contributed by atoms with Crippen molar-refractivity contribution in [1.82, 2.24) is 9.80 Å². The number of halogens is 1. The summed E-state index contributed by atoms with van der Waals surface area (Å²) in [6.07, 6.45) is 0.997. The van der Waals surface area contributed by atoms with Gasteiger partial charge in [-0.2, -0.15) is 0 Å². The molecule has 1 aromatic carbocycles. The van der Waals surface area contributed by atoms with Crippen molar-refractivity contribution in [3.8, 4) is 0 Å². The predicted molar refractivity (Wildman–Crippen MR) is 93.6 cm³/mol. The Morgan fingerprint density at radius 3 is 2.38 bits per heavy atom. The van der Waals surface area contributed by atoms with Crippen LogP contribution in [0.5, 0.6) is 0 Å². The van der Waals surface area contributed by atoms with Crippen LogP contribution in [0.2, 0.25) is 0 Å². The highest BCUT2D eigenvalue weighted by molar-refractivity contribution is 9.10. The minimum Gasteiger partial charge on any atom is -0.329 e. The highest BCUT2D eigenvalue weighted by atomic mass is 79.9. The third kappa shape index (κ3) is 3.86. The molecule has 2 rings (SSSR count). The van der Waals surface area contributed by atoms with Crippen LogP contribution in [0, 0.1) is 0 Å². The van der Waals surface area contributed by atoms with Gasteiger partial charge in [0.15, 0.2) is 0 Å². The maximum Gasteiger partial charge on any atom is 0.0345 e. The van der Waals surface area contributed by atoms with Gasteiger partial charge in [-0.3, -0.25) is 9.80 Å². The first-order valence-corrected chi connectivity index (χ1v) is 8.47. The molecule has 3 nitrogen and oxygen atoms in total. The Kier molecular flexibility index (Phi) is 5.14. The van der Waals surface area contributed by atoms with Crippen molar-refractivity contribution in [2.75, 3.05) is 33.2 Å². The lowest BCUT2D eigenvalue weighted by molar-refractivity contribution is -0.0152. The van der Waals surface area contributed by atoms with E-state index in [-0.39, 0.29) is 11.1 Å². The van der Waals surface area contributed by atoms with Gasteiger partial charge in [-0.1, -0.05) is 28.1 Å². The molecule has 118 valence electrons. The maximum absolute atomic E-state index is 6.17. The lowest BCUT2D eigenvalue weighted by atomic mass is 9.87. The van der Waals surface area contributed by atoms with E-state index in [0.717, 1.165) is 30.5 Å². The van der Waals surface area contributed by atoms with Crippen LogP contribution in [0.1, 0.15) is 26.3 Å². The second kappa shape index (κ2) is 6.37. The number of nitrogens with zero attached hydrogens (tertiary/aromatic N) is 2. The van der Waals surface area contributed by atoms with Gasteiger partial charge in [0, 0.05) is 41.7 Å². The van der Waals surface area contributed by atoms with Crippen LogP contribution in [0.4, 0.5) is 0 Å². The lowest BCUT2D eigenvalue weighted by Gasteiger charge is -2.52. The average molecular weight is 354 g/mol. The molecule has 1 unspecified atom stereocenters. The standard InChI is InChI=1S/C17H28BrN3/c1-16(2)13-21(10-9-20(16)4)17(3,12-19)11-14-5-7-15(18)8-6-14/h5-8H,9-13,19H2,1-4H3. The molecular formula is C17H28BrN3. The predicted octanol–water partition coefficient (Wildman–Crippen LogP) is 2.74. The molecular weight excluding hydrogens is 326 g/mol. The molecule has 0 spiro atoms. The topological polar surface area (TPSA) is 32.5 Å². The number of hydrogen-bond donors (Lipinski definition) is 1. The average Bonchev–Trinajstić information content (AvgIpc) is 2.44. The molecule has 1 atom stereocenters. The lowest BCUT2D eigenvalue weighted by Crippen LogP contribution is -2.65. The summed E-state index contributed by atoms with van der Waals surface area (Å²) in [5, 5.41) is 0. The van der Waals surface area contributed by atoms with E-state index in [1.165, 1.54) is 5.56 Å². The van der Waals surface area contributed by atoms with Crippen LogP contribution < -0.4 is 5.73 Å². The van der Waals surface area contributed by atoms with Gasteiger partial charge in [0.2, 0.25) is 0 Å². The van der Waals surface area contributed by atoms with Crippen LogP contribution in [0.15, 0.2) is 28.7 Å². The molecule has 21 heavy (non-hydrogen) atoms. The van der Waals surface area contributed by atoms with Gasteiger partial charge < -0.3 is 5.73 Å². The summed E-state index contributed by atoms with van der Waals surface area (Å²) in [7, 11) is 2.21. The molecule has 0 bridgehead atoms. The van der Waals surface area contributed by atoms with Crippen molar-refractivity contribution in [3.05, 3.63) is 34.3 Å². The maximum atomic E-state index is 6.17. The van der Waals surface area contributed by atoms with E-state index >= 15 is 0 Å². The molecule has 1 saturated heterocycles. The molecule has 0 radical (unpaired) electrons. The zero-order valence-electron chi connectivity index (χ0n) is 13.7. The van der Waals surface area contributed by atoms with Gasteiger partial charge >= 0.3 is 0 Å². The van der Waals surface area contributed by atoms with E-state index in [1.807, 2.05) is 0 Å². The van der Waals surface area contributed by atoms with Crippen molar-refractivity contribution in [2.24, 2.45) is 5.73 Å². The summed E-state index contributed by atoms with van der Waals surface area (Å²) >= 11 is 3.50. The van der Waals surface area contributed by atoms with E-state index in [2.05, 4.69) is 77.8 Å². The molecule has 1 heterocycles. The van der Waals surface area contributed by atoms with Crippen LogP contribution in [0.3, 0.4) is 0 Å². The highest BCUT2D eigenvalue weighted by Gasteiger charge is 2.39. The van der Waals surface area contributed by atoms with Crippen molar-refractivity contribution in [1.29, 1.82) is 0 Å². The van der Waals surface area contributed by atoms with Crippen LogP contribution in [-0.4, -0.2) is 54.1 Å². The minimum absolute atomic E-state index is 0.0202. The van der Waals surface area contributed by atoms with Crippen LogP contribution >= 0.6 is 15.9 Å². The third-order valence-corrected chi connectivity index (χ3v) is 5.55. The molecule has 0 saturated carbocycles. The quantitative estimate of drug-likeness (QED) is 0.903. The molecule has 2 N–H and O–H groups in total. The summed E-state index contributed by atoms with van der Waals surface area (Å²) in [6, 6.07) is 8.61. The number of likely N-dealkylation sites (N-methyl/N-ethyl adjacent to an activating group) is 1. The SMILES string of the molecule is CN1CCN(C(C)(CN)Cc2ccc(Br)cc2)CC1(C)C. The van der Waals surface area contributed by atoms with Crippen LogP contribution in [0.25, 0.3) is 0 Å². The van der Waals surface area contributed by atoms with E-state index in [0.29, 0.717) is 6.54 Å². The summed E-state index contributed by atoms with van der Waals surface area (Å²) in [6.45, 7) is 10.9. The van der Waals surface area contributed by atoms with E-state index in [4.69, 9.17) is 5.73 Å². The fourth-order valence-corrected chi connectivity index (χ4v) is 3.32. The van der Waals surface area contributed by atoms with Gasteiger partial charge in [-0.05, 0) is 51.9 Å². The van der Waals surface area contributed by atoms with Gasteiger partial charge in [-0.15, -0.1) is 0 Å². The van der Waals surface area contributed by atoms with Crippen molar-refractivity contribution in [2.45, 2.75) is 38.3 Å². The summed E-state index contributed by atoms with van der Waals surface area (Å²) < 4.78 is 1.13. The zero-order valence-corrected chi connectivity index (χ0v) is 15.3. The Morgan fingerprint density at radius 1 is 1.24 bits per heavy atom. The number of rotatable bonds is 4. The highest BCUT2D eigenvalue weighted by Crippen LogP contribution is 2.28. The van der Waals surface area contributed by atoms with Gasteiger partial charge in [0.25, 0.3) is 0 Å². The number of nitrogens with two attached hydrogens (primary N) is 1. The molecule has 4 heteroatoms. The molecule has 1 aromatic rings. The Labute approximate surface area is 137 Å². The smallest absolute Gasteiger partial charge is 0.0345 e. The molecule has 0 amide bonds. The van der Waals surface area contributed by atoms with E-state index in [1.54, 1.807) is 0 Å². The normalized spacial score (nSPS) is 23.0. The Hall–Kier alpha value is -0.420. The summed E-state index contributed by atoms with van der Waals surface area (Å²) in [4.78, 5) is 5.02. The molecule has 1 fully saturated rings. The molecule has 0 aromatic heterocycles. The minimum atomic E-state index is 0.0202. The summed E-state index contributed by atoms with van der Waals surface area (Å²) in [5.41, 5.74) is 7.75. The first kappa shape index (κ1) is 16.9. The van der Waals surface area contributed by atoms with Gasteiger partial charge in [0.1, 0.15) is 0 Å². The number of hydrogen-bond acceptors (Lipinski definition) is 3. The Bertz CT molecular complexity index is 471. The second-order valence-electron chi connectivity index (χ2n) is 7.16. The number of piperazine rings is 1. The first-order valence-electron chi connectivity index (χ1n) is 7.68. The molecule has 0 aliphatic carbocycles. The van der Waals surface area contributed by atoms with Crippen molar-refractivity contribution < 1.29 is 0 Å². The van der Waals surface area contributed by atoms with Crippen molar-refractivity contribution >= 4 is 15.9 Å². The van der Waals surface area contributed by atoms with E-state index in [9.17, 15) is 0 Å². The van der Waals surface area contributed by atoms with Gasteiger partial charge in [-0.25, -0.2) is 0 Å². The van der Waals surface area contributed by atoms with Gasteiger partial charge in [0.05, 0.1) is 0 Å². The van der Waals surface area contributed by atoms with E-state index < -0.39 is 0 Å². The van der Waals surface area contributed by atoms with Crippen LogP contribution in [-0.2, 0) is 6.42 Å². The molecule has 1 aliphatic rings. The largest absolute Gasteiger partial charge is 0.329 e. The van der Waals surface area contributed by atoms with Crippen molar-refractivity contribution in [3.63, 3.8) is 0 Å². The fourth-order valence-electron chi connectivity index (χ4n) is 3.06. The Balaban J connectivity index is 2.15. The zero-order chi connectivity index (χ0) is 15.7. The monoisotopic (exact) mass is 353 g/mol.